The Morgan fingerprint density at radius 3 is 2.75 bits per heavy atom. The topological polar surface area (TPSA) is 78.2 Å². The lowest BCUT2D eigenvalue weighted by Crippen LogP contribution is -2.22. The number of pyridine rings is 1. The molecule has 0 radical (unpaired) electrons. The first-order valence-corrected chi connectivity index (χ1v) is 8.47. The molecule has 7 nitrogen and oxygen atoms in total. The molecule has 1 aliphatic rings. The SMILES string of the molecule is C[C@@H]1CC(c2noc(Cn3nc4ccccn4c3=O)n2)C[C@@H](C)C1. The van der Waals surface area contributed by atoms with Gasteiger partial charge in [0.25, 0.3) is 0 Å². The van der Waals surface area contributed by atoms with Gasteiger partial charge in [0.2, 0.25) is 5.89 Å². The fraction of sp³-hybridized carbons (Fsp3) is 0.529. The van der Waals surface area contributed by atoms with E-state index in [9.17, 15) is 4.79 Å². The minimum atomic E-state index is -0.203. The van der Waals surface area contributed by atoms with Gasteiger partial charge in [0.05, 0.1) is 0 Å². The van der Waals surface area contributed by atoms with Gasteiger partial charge in [0, 0.05) is 12.1 Å². The van der Waals surface area contributed by atoms with Crippen molar-refractivity contribution in [3.05, 3.63) is 46.6 Å². The Labute approximate surface area is 139 Å². The molecule has 0 N–H and O–H groups in total. The van der Waals surface area contributed by atoms with E-state index >= 15 is 0 Å². The van der Waals surface area contributed by atoms with E-state index in [-0.39, 0.29) is 12.2 Å². The number of rotatable bonds is 3. The van der Waals surface area contributed by atoms with Crippen molar-refractivity contribution < 1.29 is 4.52 Å². The van der Waals surface area contributed by atoms with Crippen molar-refractivity contribution >= 4 is 5.65 Å². The Morgan fingerprint density at radius 1 is 1.21 bits per heavy atom. The highest BCUT2D eigenvalue weighted by atomic mass is 16.5. The number of hydrogen-bond acceptors (Lipinski definition) is 5. The van der Waals surface area contributed by atoms with E-state index in [0.717, 1.165) is 18.7 Å². The van der Waals surface area contributed by atoms with E-state index in [2.05, 4.69) is 29.1 Å². The Bertz CT molecular complexity index is 899. The van der Waals surface area contributed by atoms with Gasteiger partial charge >= 0.3 is 5.69 Å². The van der Waals surface area contributed by atoms with Crippen LogP contribution < -0.4 is 5.69 Å². The van der Waals surface area contributed by atoms with Gasteiger partial charge in [0.15, 0.2) is 11.5 Å². The maximum Gasteiger partial charge on any atom is 0.350 e. The van der Waals surface area contributed by atoms with Gasteiger partial charge in [-0.15, -0.1) is 5.10 Å². The molecule has 0 saturated heterocycles. The van der Waals surface area contributed by atoms with Gasteiger partial charge in [-0.05, 0) is 43.2 Å². The third-order valence-electron chi connectivity index (χ3n) is 4.80. The third-order valence-corrected chi connectivity index (χ3v) is 4.80. The molecule has 2 atom stereocenters. The molecule has 0 bridgehead atoms. The predicted octanol–water partition coefficient (Wildman–Crippen LogP) is 2.47. The molecule has 126 valence electrons. The summed E-state index contributed by atoms with van der Waals surface area (Å²) in [4.78, 5) is 16.8. The third kappa shape index (κ3) is 2.74. The molecule has 3 aromatic heterocycles. The fourth-order valence-corrected chi connectivity index (χ4v) is 3.86. The first-order valence-electron chi connectivity index (χ1n) is 8.47. The van der Waals surface area contributed by atoms with Crippen LogP contribution in [0, 0.1) is 11.8 Å². The molecule has 0 unspecified atom stereocenters. The molecule has 0 spiro atoms. The Balaban J connectivity index is 1.56. The molecule has 0 aromatic carbocycles. The summed E-state index contributed by atoms with van der Waals surface area (Å²) in [7, 11) is 0. The molecular weight excluding hydrogens is 306 g/mol. The van der Waals surface area contributed by atoms with Crippen LogP contribution in [0.15, 0.2) is 33.7 Å². The van der Waals surface area contributed by atoms with Crippen LogP contribution >= 0.6 is 0 Å². The van der Waals surface area contributed by atoms with Gasteiger partial charge in [-0.1, -0.05) is 25.1 Å². The fourth-order valence-electron chi connectivity index (χ4n) is 3.86. The van der Waals surface area contributed by atoms with Gasteiger partial charge in [-0.3, -0.25) is 4.40 Å². The van der Waals surface area contributed by atoms with Crippen LogP contribution in [0.1, 0.15) is 50.7 Å². The molecule has 7 heteroatoms. The molecule has 3 heterocycles. The summed E-state index contributed by atoms with van der Waals surface area (Å²) in [6.07, 6.45) is 5.15. The van der Waals surface area contributed by atoms with Crippen LogP contribution in [0.25, 0.3) is 5.65 Å². The zero-order chi connectivity index (χ0) is 16.7. The lowest BCUT2D eigenvalue weighted by molar-refractivity contribution is 0.257. The lowest BCUT2D eigenvalue weighted by Gasteiger charge is -2.29. The van der Waals surface area contributed by atoms with E-state index in [1.807, 2.05) is 6.07 Å². The highest BCUT2D eigenvalue weighted by Gasteiger charge is 2.28. The second-order valence-corrected chi connectivity index (χ2v) is 7.03. The van der Waals surface area contributed by atoms with Crippen LogP contribution in [-0.2, 0) is 6.54 Å². The monoisotopic (exact) mass is 327 g/mol. The first kappa shape index (κ1) is 15.1. The minimum Gasteiger partial charge on any atom is -0.337 e. The van der Waals surface area contributed by atoms with Gasteiger partial charge in [-0.2, -0.15) is 4.98 Å². The average molecular weight is 327 g/mol. The van der Waals surface area contributed by atoms with Gasteiger partial charge in [0.1, 0.15) is 6.54 Å². The summed E-state index contributed by atoms with van der Waals surface area (Å²) in [6, 6.07) is 5.45. The molecule has 4 rings (SSSR count). The Kier molecular flexibility index (Phi) is 3.70. The number of fused-ring (bicyclic) bond motifs is 1. The van der Waals surface area contributed by atoms with Crippen LogP contribution in [-0.4, -0.2) is 24.3 Å². The van der Waals surface area contributed by atoms with Gasteiger partial charge < -0.3 is 4.52 Å². The molecule has 0 amide bonds. The maximum atomic E-state index is 12.3. The minimum absolute atomic E-state index is 0.200. The smallest absolute Gasteiger partial charge is 0.337 e. The average Bonchev–Trinajstić information content (AvgIpc) is 3.13. The molecule has 3 aromatic rings. The van der Waals surface area contributed by atoms with Crippen molar-refractivity contribution in [1.29, 1.82) is 0 Å². The number of nitrogens with zero attached hydrogens (tertiary/aromatic N) is 5. The standard InChI is InChI=1S/C17H21N5O2/c1-11-7-12(2)9-13(8-11)16-18-15(24-20-16)10-22-17(23)21-6-4-3-5-14(21)19-22/h3-6,11-13H,7-10H2,1-2H3/t11-,12-/m0/s1. The predicted molar refractivity (Wildman–Crippen MR) is 87.8 cm³/mol. The normalized spacial score (nSPS) is 24.5. The molecule has 1 aliphatic carbocycles. The van der Waals surface area contributed by atoms with Crippen molar-refractivity contribution in [2.75, 3.05) is 0 Å². The van der Waals surface area contributed by atoms with Crippen molar-refractivity contribution in [3.63, 3.8) is 0 Å². The summed E-state index contributed by atoms with van der Waals surface area (Å²) in [5.41, 5.74) is 0.405. The summed E-state index contributed by atoms with van der Waals surface area (Å²) in [5.74, 6) is 2.91. The molecule has 0 aliphatic heterocycles. The van der Waals surface area contributed by atoms with Crippen molar-refractivity contribution in [3.8, 4) is 0 Å². The Morgan fingerprint density at radius 2 is 2.00 bits per heavy atom. The summed E-state index contributed by atoms with van der Waals surface area (Å²) in [6.45, 7) is 4.76. The zero-order valence-electron chi connectivity index (χ0n) is 13.9. The van der Waals surface area contributed by atoms with Crippen LogP contribution in [0.5, 0.6) is 0 Å². The maximum absolute atomic E-state index is 12.3. The number of aromatic nitrogens is 5. The first-order chi connectivity index (χ1) is 11.6. The summed E-state index contributed by atoms with van der Waals surface area (Å²) >= 11 is 0. The van der Waals surface area contributed by atoms with Crippen molar-refractivity contribution in [2.45, 2.75) is 45.6 Å². The quantitative estimate of drug-likeness (QED) is 0.738. The van der Waals surface area contributed by atoms with E-state index in [4.69, 9.17) is 4.52 Å². The Hall–Kier alpha value is -2.44. The van der Waals surface area contributed by atoms with Crippen molar-refractivity contribution in [1.82, 2.24) is 24.3 Å². The second-order valence-electron chi connectivity index (χ2n) is 7.03. The van der Waals surface area contributed by atoms with E-state index < -0.39 is 0 Å². The van der Waals surface area contributed by atoms with Crippen LogP contribution in [0.3, 0.4) is 0 Å². The van der Waals surface area contributed by atoms with E-state index in [1.54, 1.807) is 18.3 Å². The summed E-state index contributed by atoms with van der Waals surface area (Å²) < 4.78 is 8.23. The molecule has 1 saturated carbocycles. The second kappa shape index (κ2) is 5.89. The van der Waals surface area contributed by atoms with E-state index in [1.165, 1.54) is 15.5 Å². The molecular formula is C17H21N5O2. The molecule has 24 heavy (non-hydrogen) atoms. The van der Waals surface area contributed by atoms with Gasteiger partial charge in [-0.25, -0.2) is 9.48 Å². The largest absolute Gasteiger partial charge is 0.350 e. The number of hydrogen-bond donors (Lipinski definition) is 0. The van der Waals surface area contributed by atoms with Crippen LogP contribution in [0.2, 0.25) is 0 Å². The van der Waals surface area contributed by atoms with Crippen molar-refractivity contribution in [2.24, 2.45) is 11.8 Å². The molecule has 1 fully saturated rings. The lowest BCUT2D eigenvalue weighted by atomic mass is 9.76. The summed E-state index contributed by atoms with van der Waals surface area (Å²) in [5, 5.41) is 8.45. The highest BCUT2D eigenvalue weighted by molar-refractivity contribution is 5.35. The van der Waals surface area contributed by atoms with E-state index in [0.29, 0.717) is 29.3 Å². The van der Waals surface area contributed by atoms with Crippen LogP contribution in [0.4, 0.5) is 0 Å². The highest BCUT2D eigenvalue weighted by Crippen LogP contribution is 2.37. The zero-order valence-corrected chi connectivity index (χ0v) is 13.9.